The van der Waals surface area contributed by atoms with Gasteiger partial charge in [-0.05, 0) is 38.0 Å². The Kier molecular flexibility index (Phi) is 3.33. The Labute approximate surface area is 117 Å². The van der Waals surface area contributed by atoms with Gasteiger partial charge in [-0.1, -0.05) is 12.1 Å². The van der Waals surface area contributed by atoms with E-state index in [1.165, 1.54) is 26.0 Å². The molecule has 0 aliphatic carbocycles. The second kappa shape index (κ2) is 4.59. The molecule has 0 atom stereocenters. The summed E-state index contributed by atoms with van der Waals surface area (Å²) in [6, 6.07) is 6.29. The monoisotopic (exact) mass is 297 g/mol. The summed E-state index contributed by atoms with van der Waals surface area (Å²) in [7, 11) is -3.65. The minimum absolute atomic E-state index is 0.00726. The summed E-state index contributed by atoms with van der Waals surface area (Å²) in [5.74, 6) is -1.35. The number of sulfonamides is 1. The van der Waals surface area contributed by atoms with Gasteiger partial charge in [-0.3, -0.25) is 9.59 Å². The highest BCUT2D eigenvalue weighted by Crippen LogP contribution is 2.38. The normalized spacial score (nSPS) is 19.5. The largest absolute Gasteiger partial charge is 0.481 e. The summed E-state index contributed by atoms with van der Waals surface area (Å²) in [4.78, 5) is 22.3. The quantitative estimate of drug-likeness (QED) is 0.900. The van der Waals surface area contributed by atoms with Gasteiger partial charge < -0.3 is 5.11 Å². The fourth-order valence-corrected chi connectivity index (χ4v) is 3.44. The fraction of sp³-hybridized carbons (Fsp3) is 0.385. The summed E-state index contributed by atoms with van der Waals surface area (Å²) in [5, 5.41) is 8.59. The van der Waals surface area contributed by atoms with Crippen LogP contribution in [0.25, 0.3) is 0 Å². The first-order chi connectivity index (χ1) is 9.18. The fourth-order valence-electron chi connectivity index (χ4n) is 1.96. The average Bonchev–Trinajstić information content (AvgIpc) is 2.37. The third-order valence-corrected chi connectivity index (χ3v) is 5.70. The molecule has 1 aliphatic heterocycles. The van der Waals surface area contributed by atoms with Crippen LogP contribution in [-0.4, -0.2) is 30.1 Å². The van der Waals surface area contributed by atoms with E-state index in [1.807, 2.05) is 0 Å². The standard InChI is InChI=1S/C13H15NO5S/c1-13(2)12(17)14(20(13,18)19)10-6-3-9(4-7-10)5-8-11(15)16/h3-4,6-7H,5,8H2,1-2H3,(H,15,16). The van der Waals surface area contributed by atoms with E-state index >= 15 is 0 Å². The van der Waals surface area contributed by atoms with Crippen molar-refractivity contribution in [3.63, 3.8) is 0 Å². The number of carboxylic acid groups (broad SMARTS) is 1. The lowest BCUT2D eigenvalue weighted by Crippen LogP contribution is -2.67. The minimum Gasteiger partial charge on any atom is -0.481 e. The van der Waals surface area contributed by atoms with Gasteiger partial charge in [-0.2, -0.15) is 0 Å². The van der Waals surface area contributed by atoms with Gasteiger partial charge in [0.15, 0.2) is 4.75 Å². The van der Waals surface area contributed by atoms with Crippen LogP contribution in [0, 0.1) is 0 Å². The highest BCUT2D eigenvalue weighted by Gasteiger charge is 2.60. The Hall–Kier alpha value is -1.89. The average molecular weight is 297 g/mol. The molecule has 0 bridgehead atoms. The molecule has 6 nitrogen and oxygen atoms in total. The topological polar surface area (TPSA) is 91.8 Å². The van der Waals surface area contributed by atoms with E-state index in [9.17, 15) is 18.0 Å². The number of hydrogen-bond acceptors (Lipinski definition) is 4. The lowest BCUT2D eigenvalue weighted by atomic mass is 10.1. The molecule has 1 aromatic carbocycles. The van der Waals surface area contributed by atoms with E-state index < -0.39 is 26.6 Å². The molecular weight excluding hydrogens is 282 g/mol. The Morgan fingerprint density at radius 1 is 1.25 bits per heavy atom. The lowest BCUT2D eigenvalue weighted by Gasteiger charge is -2.42. The van der Waals surface area contributed by atoms with Crippen molar-refractivity contribution in [3.05, 3.63) is 29.8 Å². The van der Waals surface area contributed by atoms with Crippen LogP contribution in [0.15, 0.2) is 24.3 Å². The number of amides is 1. The van der Waals surface area contributed by atoms with Crippen LogP contribution < -0.4 is 4.31 Å². The maximum Gasteiger partial charge on any atom is 0.303 e. The minimum atomic E-state index is -3.65. The van der Waals surface area contributed by atoms with Gasteiger partial charge in [0.1, 0.15) is 0 Å². The van der Waals surface area contributed by atoms with Crippen LogP contribution in [0.2, 0.25) is 0 Å². The van der Waals surface area contributed by atoms with Crippen molar-refractivity contribution in [2.75, 3.05) is 4.31 Å². The number of carboxylic acids is 1. The Bertz CT molecular complexity index is 661. The van der Waals surface area contributed by atoms with Crippen molar-refractivity contribution in [2.24, 2.45) is 0 Å². The molecule has 7 heteroatoms. The van der Waals surface area contributed by atoms with Crippen molar-refractivity contribution in [3.8, 4) is 0 Å². The summed E-state index contributed by atoms with van der Waals surface area (Å²) in [5.41, 5.74) is 1.06. The number of rotatable bonds is 4. The third-order valence-electron chi connectivity index (χ3n) is 3.38. The highest BCUT2D eigenvalue weighted by molar-refractivity contribution is 7.98. The van der Waals surface area contributed by atoms with Gasteiger partial charge >= 0.3 is 5.97 Å². The smallest absolute Gasteiger partial charge is 0.303 e. The van der Waals surface area contributed by atoms with Crippen molar-refractivity contribution in [1.82, 2.24) is 0 Å². The Balaban J connectivity index is 2.20. The Morgan fingerprint density at radius 2 is 1.80 bits per heavy atom. The molecule has 108 valence electrons. The first-order valence-electron chi connectivity index (χ1n) is 6.08. The molecule has 1 heterocycles. The van der Waals surface area contributed by atoms with E-state index in [0.717, 1.165) is 9.87 Å². The number of aliphatic carboxylic acids is 1. The summed E-state index contributed by atoms with van der Waals surface area (Å²) >= 11 is 0. The maximum atomic E-state index is 12.0. The van der Waals surface area contributed by atoms with Gasteiger partial charge in [-0.25, -0.2) is 12.7 Å². The number of anilines is 1. The molecule has 0 saturated carbocycles. The van der Waals surface area contributed by atoms with Crippen LogP contribution in [0.1, 0.15) is 25.8 Å². The summed E-state index contributed by atoms with van der Waals surface area (Å²) in [6.07, 6.45) is 0.370. The zero-order chi connectivity index (χ0) is 15.1. The number of hydrogen-bond donors (Lipinski definition) is 1. The first kappa shape index (κ1) is 14.5. The van der Waals surface area contributed by atoms with Gasteiger partial charge in [0.2, 0.25) is 0 Å². The highest BCUT2D eigenvalue weighted by atomic mass is 32.2. The van der Waals surface area contributed by atoms with E-state index in [1.54, 1.807) is 12.1 Å². The Morgan fingerprint density at radius 3 is 2.25 bits per heavy atom. The molecule has 0 unspecified atom stereocenters. The van der Waals surface area contributed by atoms with E-state index in [0.29, 0.717) is 6.42 Å². The van der Waals surface area contributed by atoms with E-state index in [4.69, 9.17) is 5.11 Å². The maximum absolute atomic E-state index is 12.0. The van der Waals surface area contributed by atoms with Crippen molar-refractivity contribution < 1.29 is 23.1 Å². The van der Waals surface area contributed by atoms with Crippen molar-refractivity contribution in [2.45, 2.75) is 31.4 Å². The molecule has 1 aliphatic rings. The van der Waals surface area contributed by atoms with Crippen LogP contribution in [-0.2, 0) is 26.0 Å². The second-order valence-corrected chi connectivity index (χ2v) is 7.48. The van der Waals surface area contributed by atoms with E-state index in [2.05, 4.69) is 0 Å². The first-order valence-corrected chi connectivity index (χ1v) is 7.52. The molecule has 0 spiro atoms. The summed E-state index contributed by atoms with van der Waals surface area (Å²) < 4.78 is 23.4. The number of aryl methyl sites for hydroxylation is 1. The number of carbonyl (C=O) groups excluding carboxylic acids is 1. The van der Waals surface area contributed by atoms with Gasteiger partial charge in [0.05, 0.1) is 5.69 Å². The SMILES string of the molecule is CC1(C)C(=O)N(c2ccc(CCC(=O)O)cc2)S1(=O)=O. The van der Waals surface area contributed by atoms with Crippen molar-refractivity contribution >= 4 is 27.6 Å². The molecule has 1 fully saturated rings. The lowest BCUT2D eigenvalue weighted by molar-refractivity contribution is -0.137. The van der Waals surface area contributed by atoms with Gasteiger partial charge in [0, 0.05) is 6.42 Å². The van der Waals surface area contributed by atoms with E-state index in [-0.39, 0.29) is 12.1 Å². The van der Waals surface area contributed by atoms with Gasteiger partial charge in [0.25, 0.3) is 15.9 Å². The van der Waals surface area contributed by atoms with Crippen LogP contribution in [0.5, 0.6) is 0 Å². The predicted octanol–water partition coefficient (Wildman–Crippen LogP) is 1.16. The van der Waals surface area contributed by atoms with Crippen LogP contribution in [0.3, 0.4) is 0 Å². The molecule has 1 saturated heterocycles. The zero-order valence-electron chi connectivity index (χ0n) is 11.2. The van der Waals surface area contributed by atoms with Crippen molar-refractivity contribution in [1.29, 1.82) is 0 Å². The molecule has 1 aromatic rings. The van der Waals surface area contributed by atoms with Gasteiger partial charge in [-0.15, -0.1) is 0 Å². The zero-order valence-corrected chi connectivity index (χ0v) is 12.0. The number of benzene rings is 1. The second-order valence-electron chi connectivity index (χ2n) is 5.15. The molecule has 2 rings (SSSR count). The number of nitrogens with zero attached hydrogens (tertiary/aromatic N) is 1. The third kappa shape index (κ3) is 2.07. The molecule has 0 radical (unpaired) electrons. The molecule has 0 aromatic heterocycles. The molecule has 20 heavy (non-hydrogen) atoms. The van der Waals surface area contributed by atoms with Crippen LogP contribution >= 0.6 is 0 Å². The predicted molar refractivity (Wildman–Crippen MR) is 72.9 cm³/mol. The number of carbonyl (C=O) groups is 2. The molecule has 1 amide bonds. The molecular formula is C13H15NO5S. The summed E-state index contributed by atoms with van der Waals surface area (Å²) in [6.45, 7) is 2.75. The molecule has 1 N–H and O–H groups in total. The van der Waals surface area contributed by atoms with Crippen LogP contribution in [0.4, 0.5) is 5.69 Å².